The lowest BCUT2D eigenvalue weighted by molar-refractivity contribution is 0.176. The predicted molar refractivity (Wildman–Crippen MR) is 67.6 cm³/mol. The van der Waals surface area contributed by atoms with Gasteiger partial charge in [0.1, 0.15) is 0 Å². The molecule has 0 radical (unpaired) electrons. The molecule has 1 aromatic carbocycles. The van der Waals surface area contributed by atoms with Crippen LogP contribution in [0.1, 0.15) is 37.7 Å². The third kappa shape index (κ3) is 1.67. The molecule has 1 aliphatic carbocycles. The summed E-state index contributed by atoms with van der Waals surface area (Å²) in [5, 5.41) is 0. The number of piperidine rings is 1. The normalized spacial score (nSPS) is 28.2. The van der Waals surface area contributed by atoms with E-state index in [-0.39, 0.29) is 0 Å². The van der Waals surface area contributed by atoms with Gasteiger partial charge in [-0.1, -0.05) is 37.3 Å². The quantitative estimate of drug-likeness (QED) is 0.732. The Bertz CT molecular complexity index is 349. The molecular weight excluding hydrogens is 194 g/mol. The van der Waals surface area contributed by atoms with Crippen molar-refractivity contribution in [2.45, 2.75) is 32.1 Å². The molecule has 1 saturated heterocycles. The first-order valence-corrected chi connectivity index (χ1v) is 6.61. The summed E-state index contributed by atoms with van der Waals surface area (Å²) in [6.45, 7) is 6.14. The molecule has 1 nitrogen and oxygen atoms in total. The molecule has 1 heterocycles. The standard InChI is InChI=1S/C15H21N/c1-2-16-10-8-15(9-11-16)12-14(15)13-6-4-3-5-7-13/h3-7,14H,2,8-12H2,1H3. The molecule has 2 fully saturated rings. The smallest absolute Gasteiger partial charge is 0.00133 e. The Morgan fingerprint density at radius 2 is 1.88 bits per heavy atom. The number of hydrogen-bond acceptors (Lipinski definition) is 1. The monoisotopic (exact) mass is 215 g/mol. The Morgan fingerprint density at radius 3 is 2.50 bits per heavy atom. The molecule has 1 saturated carbocycles. The molecule has 1 aromatic rings. The van der Waals surface area contributed by atoms with E-state index in [0.717, 1.165) is 5.92 Å². The fourth-order valence-corrected chi connectivity index (χ4v) is 3.37. The van der Waals surface area contributed by atoms with Gasteiger partial charge in [-0.3, -0.25) is 0 Å². The molecule has 0 bridgehead atoms. The summed E-state index contributed by atoms with van der Waals surface area (Å²) in [5.74, 6) is 0.868. The van der Waals surface area contributed by atoms with Crippen molar-refractivity contribution in [2.24, 2.45) is 5.41 Å². The molecule has 3 rings (SSSR count). The third-order valence-corrected chi connectivity index (χ3v) is 4.69. The van der Waals surface area contributed by atoms with Crippen molar-refractivity contribution in [3.8, 4) is 0 Å². The summed E-state index contributed by atoms with van der Waals surface area (Å²) in [7, 11) is 0. The molecule has 1 spiro atoms. The van der Waals surface area contributed by atoms with Gasteiger partial charge in [-0.05, 0) is 55.8 Å². The molecular formula is C15H21N. The molecule has 1 atom stereocenters. The Labute approximate surface area is 98.5 Å². The van der Waals surface area contributed by atoms with Gasteiger partial charge in [0, 0.05) is 0 Å². The zero-order chi connectivity index (χ0) is 11.0. The van der Waals surface area contributed by atoms with Crippen molar-refractivity contribution in [3.05, 3.63) is 35.9 Å². The maximum Gasteiger partial charge on any atom is -0.00133 e. The van der Waals surface area contributed by atoms with Gasteiger partial charge >= 0.3 is 0 Å². The first kappa shape index (κ1) is 10.3. The number of hydrogen-bond donors (Lipinski definition) is 0. The van der Waals surface area contributed by atoms with Crippen LogP contribution in [0.5, 0.6) is 0 Å². The molecule has 2 aliphatic rings. The Morgan fingerprint density at radius 1 is 1.19 bits per heavy atom. The number of rotatable bonds is 2. The first-order valence-electron chi connectivity index (χ1n) is 6.61. The topological polar surface area (TPSA) is 3.24 Å². The minimum Gasteiger partial charge on any atom is -0.304 e. The summed E-state index contributed by atoms with van der Waals surface area (Å²) >= 11 is 0. The minimum atomic E-state index is 0.688. The van der Waals surface area contributed by atoms with Crippen LogP contribution >= 0.6 is 0 Å². The van der Waals surface area contributed by atoms with Gasteiger partial charge in [0.25, 0.3) is 0 Å². The highest BCUT2D eigenvalue weighted by Gasteiger charge is 2.54. The summed E-state index contributed by atoms with van der Waals surface area (Å²) in [6, 6.07) is 11.1. The van der Waals surface area contributed by atoms with Crippen LogP contribution in [0.2, 0.25) is 0 Å². The van der Waals surface area contributed by atoms with Crippen molar-refractivity contribution in [3.63, 3.8) is 0 Å². The van der Waals surface area contributed by atoms with Crippen molar-refractivity contribution < 1.29 is 0 Å². The lowest BCUT2D eigenvalue weighted by Gasteiger charge is -2.32. The molecule has 0 aromatic heterocycles. The largest absolute Gasteiger partial charge is 0.304 e. The van der Waals surface area contributed by atoms with Crippen LogP contribution in [0.15, 0.2) is 30.3 Å². The van der Waals surface area contributed by atoms with E-state index in [1.54, 1.807) is 5.56 Å². The van der Waals surface area contributed by atoms with E-state index in [1.165, 1.54) is 38.9 Å². The molecule has 1 aliphatic heterocycles. The molecule has 1 heteroatoms. The second kappa shape index (κ2) is 3.89. The van der Waals surface area contributed by atoms with Gasteiger partial charge in [0.15, 0.2) is 0 Å². The van der Waals surface area contributed by atoms with Gasteiger partial charge in [-0.2, -0.15) is 0 Å². The SMILES string of the molecule is CCN1CCC2(CC1)CC2c1ccccc1. The maximum absolute atomic E-state index is 2.59. The number of likely N-dealkylation sites (tertiary alicyclic amines) is 1. The van der Waals surface area contributed by atoms with Gasteiger partial charge in [-0.15, -0.1) is 0 Å². The molecule has 16 heavy (non-hydrogen) atoms. The van der Waals surface area contributed by atoms with Crippen LogP contribution < -0.4 is 0 Å². The molecule has 0 amide bonds. The predicted octanol–water partition coefficient (Wildman–Crippen LogP) is 3.28. The summed E-state index contributed by atoms with van der Waals surface area (Å²) in [5.41, 5.74) is 2.26. The molecule has 1 unspecified atom stereocenters. The molecule has 86 valence electrons. The average molecular weight is 215 g/mol. The van der Waals surface area contributed by atoms with E-state index < -0.39 is 0 Å². The van der Waals surface area contributed by atoms with E-state index in [9.17, 15) is 0 Å². The minimum absolute atomic E-state index is 0.688. The van der Waals surface area contributed by atoms with E-state index in [2.05, 4.69) is 42.2 Å². The van der Waals surface area contributed by atoms with Gasteiger partial charge in [-0.25, -0.2) is 0 Å². The second-order valence-electron chi connectivity index (χ2n) is 5.46. The van der Waals surface area contributed by atoms with Gasteiger partial charge in [0.05, 0.1) is 0 Å². The van der Waals surface area contributed by atoms with Gasteiger partial charge < -0.3 is 4.90 Å². The lowest BCUT2D eigenvalue weighted by atomic mass is 9.89. The van der Waals surface area contributed by atoms with Crippen LogP contribution in [-0.2, 0) is 0 Å². The van der Waals surface area contributed by atoms with Crippen LogP contribution in [0.3, 0.4) is 0 Å². The van der Waals surface area contributed by atoms with Crippen LogP contribution in [0, 0.1) is 5.41 Å². The highest BCUT2D eigenvalue weighted by Crippen LogP contribution is 2.64. The lowest BCUT2D eigenvalue weighted by Crippen LogP contribution is -2.34. The van der Waals surface area contributed by atoms with Crippen LogP contribution in [0.4, 0.5) is 0 Å². The summed E-state index contributed by atoms with van der Waals surface area (Å²) < 4.78 is 0. The Kier molecular flexibility index (Phi) is 2.51. The second-order valence-corrected chi connectivity index (χ2v) is 5.46. The Balaban J connectivity index is 1.67. The fraction of sp³-hybridized carbons (Fsp3) is 0.600. The van der Waals surface area contributed by atoms with Crippen molar-refractivity contribution in [1.29, 1.82) is 0 Å². The summed E-state index contributed by atoms with van der Waals surface area (Å²) in [4.78, 5) is 2.59. The van der Waals surface area contributed by atoms with E-state index in [0.29, 0.717) is 5.41 Å². The fourth-order valence-electron chi connectivity index (χ4n) is 3.37. The molecule has 0 N–H and O–H groups in total. The van der Waals surface area contributed by atoms with E-state index >= 15 is 0 Å². The van der Waals surface area contributed by atoms with Crippen molar-refractivity contribution >= 4 is 0 Å². The van der Waals surface area contributed by atoms with E-state index in [4.69, 9.17) is 0 Å². The average Bonchev–Trinajstić information content (AvgIpc) is 3.06. The zero-order valence-corrected chi connectivity index (χ0v) is 10.2. The Hall–Kier alpha value is -0.820. The zero-order valence-electron chi connectivity index (χ0n) is 10.2. The third-order valence-electron chi connectivity index (χ3n) is 4.69. The van der Waals surface area contributed by atoms with Crippen molar-refractivity contribution in [2.75, 3.05) is 19.6 Å². The number of benzene rings is 1. The van der Waals surface area contributed by atoms with Crippen LogP contribution in [0.25, 0.3) is 0 Å². The maximum atomic E-state index is 2.59. The highest BCUT2D eigenvalue weighted by atomic mass is 15.1. The van der Waals surface area contributed by atoms with Gasteiger partial charge in [0.2, 0.25) is 0 Å². The van der Waals surface area contributed by atoms with E-state index in [1.807, 2.05) is 0 Å². The van der Waals surface area contributed by atoms with Crippen molar-refractivity contribution in [1.82, 2.24) is 4.90 Å². The highest BCUT2D eigenvalue weighted by molar-refractivity contribution is 5.30. The number of nitrogens with zero attached hydrogens (tertiary/aromatic N) is 1. The summed E-state index contributed by atoms with van der Waals surface area (Å²) in [6.07, 6.45) is 4.27. The van der Waals surface area contributed by atoms with Crippen LogP contribution in [-0.4, -0.2) is 24.5 Å². The first-order chi connectivity index (χ1) is 7.84.